The van der Waals surface area contributed by atoms with E-state index < -0.39 is 11.9 Å². The van der Waals surface area contributed by atoms with Gasteiger partial charge in [0.2, 0.25) is 0 Å². The molecule has 2 aromatic carbocycles. The second kappa shape index (κ2) is 6.58. The molecule has 116 valence electrons. The molecule has 0 aromatic heterocycles. The van der Waals surface area contributed by atoms with Crippen LogP contribution in [-0.4, -0.2) is 23.3 Å². The summed E-state index contributed by atoms with van der Waals surface area (Å²) in [6, 6.07) is 9.81. The number of carbonyl (C=O) groups is 1. The van der Waals surface area contributed by atoms with E-state index in [9.17, 15) is 15.0 Å². The number of phenols is 1. The number of nitrogens with two attached hydrogens (primary N) is 1. The van der Waals surface area contributed by atoms with Crippen molar-refractivity contribution in [1.82, 2.24) is 0 Å². The largest absolute Gasteiger partial charge is 0.503 e. The van der Waals surface area contributed by atoms with E-state index in [0.717, 1.165) is 0 Å². The number of anilines is 1. The fourth-order valence-corrected chi connectivity index (χ4v) is 2.45. The molecule has 0 saturated carbocycles. The lowest BCUT2D eigenvalue weighted by atomic mass is 9.92. The summed E-state index contributed by atoms with van der Waals surface area (Å²) < 4.78 is 5.03. The zero-order valence-corrected chi connectivity index (χ0v) is 12.7. The minimum absolute atomic E-state index is 0.121. The second-order valence-corrected chi connectivity index (χ2v) is 5.30. The van der Waals surface area contributed by atoms with Crippen molar-refractivity contribution in [2.45, 2.75) is 12.3 Å². The maximum Gasteiger partial charge on any atom is 0.311 e. The van der Waals surface area contributed by atoms with E-state index in [-0.39, 0.29) is 22.9 Å². The van der Waals surface area contributed by atoms with Crippen molar-refractivity contribution in [1.29, 1.82) is 0 Å². The number of carboxylic acids is 1. The molecule has 0 fully saturated rings. The molecular formula is C16H16ClNO4. The first-order valence-corrected chi connectivity index (χ1v) is 6.93. The van der Waals surface area contributed by atoms with Crippen molar-refractivity contribution in [3.8, 4) is 11.5 Å². The molecule has 0 aliphatic rings. The Balaban J connectivity index is 2.34. The number of halogens is 1. The number of methoxy groups -OCH3 is 1. The lowest BCUT2D eigenvalue weighted by Crippen LogP contribution is -2.14. The smallest absolute Gasteiger partial charge is 0.311 e. The van der Waals surface area contributed by atoms with Crippen molar-refractivity contribution in [2.24, 2.45) is 0 Å². The van der Waals surface area contributed by atoms with E-state index in [1.54, 1.807) is 30.3 Å². The molecule has 0 amide bonds. The molecule has 4 N–H and O–H groups in total. The summed E-state index contributed by atoms with van der Waals surface area (Å²) in [6.07, 6.45) is 0.218. The first kappa shape index (κ1) is 16.0. The Labute approximate surface area is 132 Å². The van der Waals surface area contributed by atoms with Crippen LogP contribution < -0.4 is 10.5 Å². The molecule has 6 heteroatoms. The lowest BCUT2D eigenvalue weighted by Gasteiger charge is -2.15. The zero-order chi connectivity index (χ0) is 16.3. The summed E-state index contributed by atoms with van der Waals surface area (Å²) in [5.41, 5.74) is 7.49. The van der Waals surface area contributed by atoms with Gasteiger partial charge in [-0.1, -0.05) is 23.7 Å². The molecule has 0 saturated heterocycles. The summed E-state index contributed by atoms with van der Waals surface area (Å²) in [4.78, 5) is 11.6. The van der Waals surface area contributed by atoms with E-state index in [4.69, 9.17) is 22.1 Å². The summed E-state index contributed by atoms with van der Waals surface area (Å²) in [7, 11) is 1.41. The maximum absolute atomic E-state index is 11.6. The Hall–Kier alpha value is -2.40. The highest BCUT2D eigenvalue weighted by molar-refractivity contribution is 6.32. The third-order valence-electron chi connectivity index (χ3n) is 3.38. The number of aromatic hydroxyl groups is 1. The van der Waals surface area contributed by atoms with Crippen LogP contribution in [0.2, 0.25) is 5.02 Å². The first-order valence-electron chi connectivity index (χ1n) is 6.56. The van der Waals surface area contributed by atoms with Crippen LogP contribution in [0.3, 0.4) is 0 Å². The van der Waals surface area contributed by atoms with E-state index in [1.165, 1.54) is 13.2 Å². The molecule has 5 nitrogen and oxygen atoms in total. The molecule has 0 aliphatic carbocycles. The van der Waals surface area contributed by atoms with Gasteiger partial charge in [-0.15, -0.1) is 0 Å². The number of hydrogen-bond donors (Lipinski definition) is 3. The molecule has 22 heavy (non-hydrogen) atoms. The molecule has 2 rings (SSSR count). The fraction of sp³-hybridized carbons (Fsp3) is 0.188. The van der Waals surface area contributed by atoms with E-state index in [0.29, 0.717) is 16.8 Å². The summed E-state index contributed by atoms with van der Waals surface area (Å²) >= 11 is 5.93. The number of carboxylic acid groups (broad SMARTS) is 1. The summed E-state index contributed by atoms with van der Waals surface area (Å²) in [5, 5.41) is 19.3. The van der Waals surface area contributed by atoms with Crippen LogP contribution in [0, 0.1) is 0 Å². The molecule has 0 bridgehead atoms. The van der Waals surface area contributed by atoms with E-state index in [2.05, 4.69) is 0 Å². The normalized spacial score (nSPS) is 11.9. The summed E-state index contributed by atoms with van der Waals surface area (Å²) in [6.45, 7) is 0. The fourth-order valence-electron chi connectivity index (χ4n) is 2.21. The van der Waals surface area contributed by atoms with E-state index in [1.807, 2.05) is 0 Å². The van der Waals surface area contributed by atoms with Gasteiger partial charge in [-0.05, 0) is 41.8 Å². The maximum atomic E-state index is 11.6. The topological polar surface area (TPSA) is 92.8 Å². The number of aliphatic carboxylic acids is 1. The SMILES string of the molecule is COc1cc(CC(C(=O)O)c2ccc(N)cc2)cc(Cl)c1O. The van der Waals surface area contributed by atoms with Gasteiger partial charge >= 0.3 is 5.97 Å². The van der Waals surface area contributed by atoms with Crippen LogP contribution >= 0.6 is 11.6 Å². The van der Waals surface area contributed by atoms with Gasteiger partial charge in [-0.2, -0.15) is 0 Å². The highest BCUT2D eigenvalue weighted by atomic mass is 35.5. The van der Waals surface area contributed by atoms with Crippen LogP contribution in [0.25, 0.3) is 0 Å². The Morgan fingerprint density at radius 2 is 1.95 bits per heavy atom. The highest BCUT2D eigenvalue weighted by Gasteiger charge is 2.21. The van der Waals surface area contributed by atoms with Gasteiger partial charge in [0.05, 0.1) is 18.1 Å². The number of hydrogen-bond acceptors (Lipinski definition) is 4. The van der Waals surface area contributed by atoms with Crippen LogP contribution in [-0.2, 0) is 11.2 Å². The number of rotatable bonds is 5. The average molecular weight is 322 g/mol. The Morgan fingerprint density at radius 3 is 2.50 bits per heavy atom. The number of benzene rings is 2. The van der Waals surface area contributed by atoms with Gasteiger partial charge in [-0.3, -0.25) is 4.79 Å². The van der Waals surface area contributed by atoms with Crippen molar-refractivity contribution in [3.05, 3.63) is 52.5 Å². The van der Waals surface area contributed by atoms with Crippen LogP contribution in [0.1, 0.15) is 17.0 Å². The van der Waals surface area contributed by atoms with Gasteiger partial charge in [0.1, 0.15) is 0 Å². The van der Waals surface area contributed by atoms with Crippen LogP contribution in [0.5, 0.6) is 11.5 Å². The second-order valence-electron chi connectivity index (χ2n) is 4.89. The van der Waals surface area contributed by atoms with Gasteiger partial charge < -0.3 is 20.7 Å². The van der Waals surface area contributed by atoms with Crippen molar-refractivity contribution in [2.75, 3.05) is 12.8 Å². The van der Waals surface area contributed by atoms with Crippen LogP contribution in [0.15, 0.2) is 36.4 Å². The molecular weight excluding hydrogens is 306 g/mol. The van der Waals surface area contributed by atoms with Crippen molar-refractivity contribution >= 4 is 23.3 Å². The van der Waals surface area contributed by atoms with Gasteiger partial charge in [0, 0.05) is 5.69 Å². The molecule has 0 heterocycles. The van der Waals surface area contributed by atoms with Gasteiger partial charge in [0.25, 0.3) is 0 Å². The third-order valence-corrected chi connectivity index (χ3v) is 3.67. The lowest BCUT2D eigenvalue weighted by molar-refractivity contribution is -0.138. The predicted molar refractivity (Wildman–Crippen MR) is 84.6 cm³/mol. The Bertz CT molecular complexity index is 685. The quantitative estimate of drug-likeness (QED) is 0.736. The first-order chi connectivity index (χ1) is 10.4. The number of phenolic OH excluding ortho intramolecular Hbond substituents is 1. The van der Waals surface area contributed by atoms with Gasteiger partial charge in [-0.25, -0.2) is 0 Å². The number of nitrogen functional groups attached to an aromatic ring is 1. The standard InChI is InChI=1S/C16H16ClNO4/c1-22-14-8-9(7-13(17)15(14)19)6-12(16(20)21)10-2-4-11(18)5-3-10/h2-5,7-8,12,19H,6,18H2,1H3,(H,20,21). The number of ether oxygens (including phenoxy) is 1. The Morgan fingerprint density at radius 1 is 1.32 bits per heavy atom. The summed E-state index contributed by atoms with van der Waals surface area (Å²) in [5.74, 6) is -1.64. The molecule has 1 atom stereocenters. The molecule has 2 aromatic rings. The van der Waals surface area contributed by atoms with Crippen LogP contribution in [0.4, 0.5) is 5.69 Å². The molecule has 1 unspecified atom stereocenters. The van der Waals surface area contributed by atoms with E-state index >= 15 is 0 Å². The Kier molecular flexibility index (Phi) is 4.78. The minimum Gasteiger partial charge on any atom is -0.503 e. The highest BCUT2D eigenvalue weighted by Crippen LogP contribution is 2.36. The monoisotopic (exact) mass is 321 g/mol. The average Bonchev–Trinajstić information content (AvgIpc) is 2.49. The van der Waals surface area contributed by atoms with Gasteiger partial charge in [0.15, 0.2) is 11.5 Å². The molecule has 0 spiro atoms. The van der Waals surface area contributed by atoms with Crippen molar-refractivity contribution in [3.63, 3.8) is 0 Å². The predicted octanol–water partition coefficient (Wildman–Crippen LogP) is 3.05. The van der Waals surface area contributed by atoms with Crippen molar-refractivity contribution < 1.29 is 19.7 Å². The minimum atomic E-state index is -0.951. The zero-order valence-electron chi connectivity index (χ0n) is 11.9. The molecule has 0 aliphatic heterocycles. The third kappa shape index (κ3) is 3.43. The molecule has 0 radical (unpaired) electrons.